The molecule has 4 heteroatoms. The summed E-state index contributed by atoms with van der Waals surface area (Å²) in [6.45, 7) is 7.25. The van der Waals surface area contributed by atoms with E-state index in [0.29, 0.717) is 0 Å². The van der Waals surface area contributed by atoms with Crippen molar-refractivity contribution in [2.24, 2.45) is 0 Å². The molecule has 0 fully saturated rings. The average molecular weight is 357 g/mol. The number of benzene rings is 1. The van der Waals surface area contributed by atoms with Crippen LogP contribution in [0.1, 0.15) is 60.6 Å². The van der Waals surface area contributed by atoms with Crippen molar-refractivity contribution in [2.75, 3.05) is 18.5 Å². The van der Waals surface area contributed by atoms with Gasteiger partial charge in [0.05, 0.1) is 0 Å². The van der Waals surface area contributed by atoms with E-state index in [2.05, 4.69) is 48.4 Å². The van der Waals surface area contributed by atoms with Gasteiger partial charge in [0.25, 0.3) is 5.56 Å². The summed E-state index contributed by atoms with van der Waals surface area (Å²) in [6, 6.07) is 8.49. The van der Waals surface area contributed by atoms with Crippen LogP contribution in [0.3, 0.4) is 0 Å². The van der Waals surface area contributed by atoms with E-state index in [-0.39, 0.29) is 12.2 Å². The van der Waals surface area contributed by atoms with Gasteiger partial charge in [-0.15, -0.1) is 0 Å². The summed E-state index contributed by atoms with van der Waals surface area (Å²) in [7, 11) is 0. The van der Waals surface area contributed by atoms with Gasteiger partial charge in [0.2, 0.25) is 0 Å². The zero-order valence-corrected chi connectivity index (χ0v) is 16.3. The van der Waals surface area contributed by atoms with Gasteiger partial charge < -0.3 is 15.4 Å². The molecule has 0 saturated carbocycles. The van der Waals surface area contributed by atoms with E-state index in [1.165, 1.54) is 16.7 Å². The molecule has 0 bridgehead atoms. The number of pyridine rings is 1. The van der Waals surface area contributed by atoms with Crippen LogP contribution in [0.5, 0.6) is 0 Å². The number of aromatic nitrogens is 1. The molecular formula is C22H32N2O2. The third kappa shape index (κ3) is 5.46. The molecule has 3 N–H and O–H groups in total. The molecule has 0 unspecified atom stereocenters. The number of nitrogens with one attached hydrogen (secondary N) is 2. The Kier molecular flexibility index (Phi) is 7.92. The zero-order chi connectivity index (χ0) is 18.9. The number of H-pyrrole nitrogens is 1. The molecule has 0 aliphatic heterocycles. The second-order valence-corrected chi connectivity index (χ2v) is 7.00. The number of unbranched alkanes of at least 4 members (excludes halogenated alkanes) is 3. The minimum atomic E-state index is -0.0299. The molecule has 1 aromatic heterocycles. The summed E-state index contributed by atoms with van der Waals surface area (Å²) < 4.78 is 0. The summed E-state index contributed by atoms with van der Waals surface area (Å²) >= 11 is 0. The lowest BCUT2D eigenvalue weighted by Crippen LogP contribution is -2.21. The predicted octanol–water partition coefficient (Wildman–Crippen LogP) is 4.11. The molecule has 0 aliphatic rings. The van der Waals surface area contributed by atoms with Crippen LogP contribution >= 0.6 is 0 Å². The Morgan fingerprint density at radius 2 is 1.85 bits per heavy atom. The Bertz CT molecular complexity index is 765. The van der Waals surface area contributed by atoms with Gasteiger partial charge in [0.1, 0.15) is 5.69 Å². The molecule has 0 spiro atoms. The zero-order valence-electron chi connectivity index (χ0n) is 16.3. The molecule has 2 rings (SSSR count). The monoisotopic (exact) mass is 356 g/mol. The fourth-order valence-corrected chi connectivity index (χ4v) is 3.51. The molecule has 0 saturated heterocycles. The first-order valence-corrected chi connectivity index (χ1v) is 9.71. The van der Waals surface area contributed by atoms with Crippen molar-refractivity contribution in [3.05, 3.63) is 62.6 Å². The highest BCUT2D eigenvalue weighted by atomic mass is 16.2. The van der Waals surface area contributed by atoms with Gasteiger partial charge in [-0.25, -0.2) is 0 Å². The molecule has 1 aromatic carbocycles. The number of hydrogen-bond donors (Lipinski definition) is 3. The molecule has 2 aromatic rings. The highest BCUT2D eigenvalue weighted by Crippen LogP contribution is 2.23. The highest BCUT2D eigenvalue weighted by Gasteiger charge is 2.15. The van der Waals surface area contributed by atoms with Gasteiger partial charge in [-0.05, 0) is 49.8 Å². The van der Waals surface area contributed by atoms with Gasteiger partial charge in [0, 0.05) is 25.3 Å². The van der Waals surface area contributed by atoms with Gasteiger partial charge in [-0.2, -0.15) is 0 Å². The number of aromatic amines is 1. The van der Waals surface area contributed by atoms with Gasteiger partial charge >= 0.3 is 0 Å². The molecule has 142 valence electrons. The van der Waals surface area contributed by atoms with Crippen LogP contribution in [0.2, 0.25) is 0 Å². The molecule has 1 heterocycles. The van der Waals surface area contributed by atoms with Crippen molar-refractivity contribution < 1.29 is 5.11 Å². The lowest BCUT2D eigenvalue weighted by atomic mass is 9.95. The lowest BCUT2D eigenvalue weighted by Gasteiger charge is -2.17. The second-order valence-electron chi connectivity index (χ2n) is 7.00. The third-order valence-electron chi connectivity index (χ3n) is 4.85. The molecular weight excluding hydrogens is 324 g/mol. The van der Waals surface area contributed by atoms with E-state index in [1.54, 1.807) is 0 Å². The van der Waals surface area contributed by atoms with E-state index in [0.717, 1.165) is 62.0 Å². The normalized spacial score (nSPS) is 10.9. The number of hydrogen-bond acceptors (Lipinski definition) is 3. The number of rotatable bonds is 10. The molecule has 0 aliphatic carbocycles. The van der Waals surface area contributed by atoms with Crippen molar-refractivity contribution in [2.45, 2.75) is 59.3 Å². The van der Waals surface area contributed by atoms with Crippen LogP contribution in [0.15, 0.2) is 29.1 Å². The first-order chi connectivity index (χ1) is 12.6. The third-order valence-corrected chi connectivity index (χ3v) is 4.85. The van der Waals surface area contributed by atoms with E-state index in [4.69, 9.17) is 5.11 Å². The Morgan fingerprint density at radius 3 is 2.54 bits per heavy atom. The SMILES string of the molecule is CCc1c(C)[nH]c(=O)c(NCCCCCCO)c1Cc1cccc(C)c1. The minimum Gasteiger partial charge on any atom is -0.396 e. The van der Waals surface area contributed by atoms with Crippen LogP contribution in [0.4, 0.5) is 5.69 Å². The highest BCUT2D eigenvalue weighted by molar-refractivity contribution is 5.56. The van der Waals surface area contributed by atoms with Crippen molar-refractivity contribution in [3.63, 3.8) is 0 Å². The maximum absolute atomic E-state index is 12.6. The quantitative estimate of drug-likeness (QED) is 0.561. The summed E-state index contributed by atoms with van der Waals surface area (Å²) in [5.41, 5.74) is 6.47. The Labute approximate surface area is 156 Å². The van der Waals surface area contributed by atoms with E-state index in [1.807, 2.05) is 6.92 Å². The fraction of sp³-hybridized carbons (Fsp3) is 0.500. The maximum Gasteiger partial charge on any atom is 0.271 e. The summed E-state index contributed by atoms with van der Waals surface area (Å²) in [5.74, 6) is 0. The Balaban J connectivity index is 2.23. The maximum atomic E-state index is 12.6. The predicted molar refractivity (Wildman–Crippen MR) is 109 cm³/mol. The number of anilines is 1. The summed E-state index contributed by atoms with van der Waals surface area (Å²) in [5, 5.41) is 12.2. The smallest absolute Gasteiger partial charge is 0.271 e. The van der Waals surface area contributed by atoms with Gasteiger partial charge in [-0.1, -0.05) is 49.6 Å². The largest absolute Gasteiger partial charge is 0.396 e. The van der Waals surface area contributed by atoms with Crippen molar-refractivity contribution in [1.82, 2.24) is 4.98 Å². The Morgan fingerprint density at radius 1 is 1.08 bits per heavy atom. The Hall–Kier alpha value is -2.07. The molecule has 0 atom stereocenters. The summed E-state index contributed by atoms with van der Waals surface area (Å²) in [6.07, 6.45) is 5.60. The average Bonchev–Trinajstić information content (AvgIpc) is 2.60. The number of aryl methyl sites for hydroxylation is 2. The number of aliphatic hydroxyl groups is 1. The van der Waals surface area contributed by atoms with E-state index < -0.39 is 0 Å². The lowest BCUT2D eigenvalue weighted by molar-refractivity contribution is 0.283. The van der Waals surface area contributed by atoms with Crippen LogP contribution in [0.25, 0.3) is 0 Å². The van der Waals surface area contributed by atoms with E-state index >= 15 is 0 Å². The first kappa shape index (κ1) is 20.2. The summed E-state index contributed by atoms with van der Waals surface area (Å²) in [4.78, 5) is 15.6. The van der Waals surface area contributed by atoms with Crippen LogP contribution in [0, 0.1) is 13.8 Å². The van der Waals surface area contributed by atoms with Crippen LogP contribution < -0.4 is 10.9 Å². The van der Waals surface area contributed by atoms with Crippen molar-refractivity contribution >= 4 is 5.69 Å². The van der Waals surface area contributed by atoms with Crippen LogP contribution in [-0.4, -0.2) is 23.2 Å². The van der Waals surface area contributed by atoms with Gasteiger partial charge in [0.15, 0.2) is 0 Å². The fourth-order valence-electron chi connectivity index (χ4n) is 3.51. The second kappa shape index (κ2) is 10.2. The number of aliphatic hydroxyl groups excluding tert-OH is 1. The minimum absolute atomic E-state index is 0.0299. The van der Waals surface area contributed by atoms with Gasteiger partial charge in [-0.3, -0.25) is 4.79 Å². The molecule has 26 heavy (non-hydrogen) atoms. The van der Waals surface area contributed by atoms with Crippen molar-refractivity contribution in [1.29, 1.82) is 0 Å². The van der Waals surface area contributed by atoms with Crippen molar-refractivity contribution in [3.8, 4) is 0 Å². The molecule has 4 nitrogen and oxygen atoms in total. The topological polar surface area (TPSA) is 65.1 Å². The molecule has 0 radical (unpaired) electrons. The first-order valence-electron chi connectivity index (χ1n) is 9.71. The van der Waals surface area contributed by atoms with Crippen LogP contribution in [-0.2, 0) is 12.8 Å². The molecule has 0 amide bonds. The van der Waals surface area contributed by atoms with E-state index in [9.17, 15) is 4.79 Å². The standard InChI is InChI=1S/C22H32N2O2/c1-4-19-17(3)24-22(26)21(23-12-7-5-6-8-13-25)20(19)15-18-11-9-10-16(2)14-18/h9-11,14,23,25H,4-8,12-13,15H2,1-3H3,(H,24,26).